The third kappa shape index (κ3) is 2.18. The second-order valence-corrected chi connectivity index (χ2v) is 5.11. The van der Waals surface area contributed by atoms with Crippen LogP contribution in [0.3, 0.4) is 0 Å². The highest BCUT2D eigenvalue weighted by molar-refractivity contribution is 6.07. The van der Waals surface area contributed by atoms with Crippen LogP contribution in [0.25, 0.3) is 0 Å². The minimum atomic E-state index is -1.57. The first-order valence-corrected chi connectivity index (χ1v) is 6.55. The summed E-state index contributed by atoms with van der Waals surface area (Å²) in [6.07, 6.45) is 0.675. The maximum atomic E-state index is 13.3. The van der Waals surface area contributed by atoms with Crippen molar-refractivity contribution in [3.05, 3.63) is 65.0 Å². The predicted octanol–water partition coefficient (Wildman–Crippen LogP) is 3.70. The van der Waals surface area contributed by atoms with Gasteiger partial charge in [0, 0.05) is 17.3 Å². The number of benzene rings is 2. The summed E-state index contributed by atoms with van der Waals surface area (Å²) in [7, 11) is 0. The molecule has 21 heavy (non-hydrogen) atoms. The Morgan fingerprint density at radius 1 is 1.14 bits per heavy atom. The number of carbonyl (C=O) groups excluding carboxylic acids is 1. The molecule has 0 aromatic heterocycles. The molecule has 1 aliphatic heterocycles. The molecule has 1 heterocycles. The number of rotatable bonds is 1. The molecule has 3 rings (SSSR count). The maximum Gasteiger partial charge on any atom is 0.258 e. The van der Waals surface area contributed by atoms with E-state index < -0.39 is 23.4 Å². The van der Waals surface area contributed by atoms with Crippen LogP contribution in [0.2, 0.25) is 0 Å². The molecule has 2 aromatic carbocycles. The Bertz CT molecular complexity index is 706. The monoisotopic (exact) mass is 291 g/mol. The van der Waals surface area contributed by atoms with Crippen molar-refractivity contribution in [3.63, 3.8) is 0 Å². The van der Waals surface area contributed by atoms with Gasteiger partial charge in [-0.25, -0.2) is 13.2 Å². The van der Waals surface area contributed by atoms with Gasteiger partial charge in [-0.05, 0) is 37.1 Å². The number of carbonyl (C=O) groups is 1. The van der Waals surface area contributed by atoms with E-state index in [1.807, 2.05) is 19.1 Å². The molecule has 108 valence electrons. The normalized spacial score (nSPS) is 17.0. The highest BCUT2D eigenvalue weighted by Crippen LogP contribution is 2.33. The molecule has 0 saturated heterocycles. The second-order valence-electron chi connectivity index (χ2n) is 5.11. The fourth-order valence-corrected chi connectivity index (χ4v) is 2.69. The number of nitrogens with zero attached hydrogens (tertiary/aromatic N) is 1. The van der Waals surface area contributed by atoms with Crippen LogP contribution in [0.15, 0.2) is 36.4 Å². The van der Waals surface area contributed by atoms with Gasteiger partial charge in [-0.15, -0.1) is 0 Å². The number of hydrogen-bond acceptors (Lipinski definition) is 1. The number of amides is 1. The van der Waals surface area contributed by atoms with Crippen LogP contribution < -0.4 is 4.90 Å². The lowest BCUT2D eigenvalue weighted by atomic mass is 10.1. The van der Waals surface area contributed by atoms with Gasteiger partial charge in [0.15, 0.2) is 17.5 Å². The quantitative estimate of drug-likeness (QED) is 0.734. The molecule has 1 unspecified atom stereocenters. The Kier molecular flexibility index (Phi) is 3.20. The summed E-state index contributed by atoms with van der Waals surface area (Å²) in [6.45, 7) is 1.86. The Morgan fingerprint density at radius 3 is 2.43 bits per heavy atom. The fraction of sp³-hybridized carbons (Fsp3) is 0.188. The van der Waals surface area contributed by atoms with Crippen molar-refractivity contribution in [2.24, 2.45) is 0 Å². The highest BCUT2D eigenvalue weighted by atomic mass is 19.2. The van der Waals surface area contributed by atoms with E-state index in [-0.39, 0.29) is 11.6 Å². The zero-order valence-electron chi connectivity index (χ0n) is 11.2. The predicted molar refractivity (Wildman–Crippen MR) is 72.7 cm³/mol. The van der Waals surface area contributed by atoms with Crippen LogP contribution in [0.1, 0.15) is 22.8 Å². The number of anilines is 1. The average molecular weight is 291 g/mol. The van der Waals surface area contributed by atoms with E-state index in [2.05, 4.69) is 0 Å². The molecule has 0 N–H and O–H groups in total. The Labute approximate surface area is 119 Å². The van der Waals surface area contributed by atoms with E-state index in [9.17, 15) is 18.0 Å². The van der Waals surface area contributed by atoms with E-state index in [0.29, 0.717) is 6.42 Å². The van der Waals surface area contributed by atoms with Crippen molar-refractivity contribution < 1.29 is 18.0 Å². The molecule has 0 radical (unpaired) electrons. The number of hydrogen-bond donors (Lipinski definition) is 0. The lowest BCUT2D eigenvalue weighted by molar-refractivity contribution is 0.0980. The van der Waals surface area contributed by atoms with E-state index in [1.165, 1.54) is 4.90 Å². The lowest BCUT2D eigenvalue weighted by Crippen LogP contribution is -2.35. The molecule has 2 nitrogen and oxygen atoms in total. The molecule has 1 atom stereocenters. The van der Waals surface area contributed by atoms with Gasteiger partial charge in [0.1, 0.15) is 0 Å². The van der Waals surface area contributed by atoms with Gasteiger partial charge in [0.05, 0.1) is 0 Å². The summed E-state index contributed by atoms with van der Waals surface area (Å²) in [4.78, 5) is 14.0. The molecule has 0 spiro atoms. The van der Waals surface area contributed by atoms with Gasteiger partial charge in [-0.3, -0.25) is 4.79 Å². The van der Waals surface area contributed by atoms with Gasteiger partial charge >= 0.3 is 0 Å². The number of halogens is 3. The van der Waals surface area contributed by atoms with Crippen molar-refractivity contribution in [3.8, 4) is 0 Å². The fourth-order valence-electron chi connectivity index (χ4n) is 2.69. The van der Waals surface area contributed by atoms with Gasteiger partial charge in [0.2, 0.25) is 0 Å². The summed E-state index contributed by atoms with van der Waals surface area (Å²) in [5, 5.41) is 0. The summed E-state index contributed by atoms with van der Waals surface area (Å²) >= 11 is 0. The minimum absolute atomic E-state index is 0.119. The van der Waals surface area contributed by atoms with Crippen LogP contribution in [0.4, 0.5) is 18.9 Å². The lowest BCUT2D eigenvalue weighted by Gasteiger charge is -2.23. The van der Waals surface area contributed by atoms with Crippen LogP contribution in [-0.2, 0) is 6.42 Å². The second kappa shape index (κ2) is 4.91. The van der Waals surface area contributed by atoms with Crippen LogP contribution in [-0.4, -0.2) is 11.9 Å². The van der Waals surface area contributed by atoms with Crippen molar-refractivity contribution >= 4 is 11.6 Å². The minimum Gasteiger partial charge on any atom is -0.305 e. The van der Waals surface area contributed by atoms with Crippen LogP contribution in [0.5, 0.6) is 0 Å². The van der Waals surface area contributed by atoms with Gasteiger partial charge in [-0.2, -0.15) is 0 Å². The third-order valence-electron chi connectivity index (χ3n) is 3.66. The summed E-state index contributed by atoms with van der Waals surface area (Å²) in [5.74, 6) is -4.83. The molecule has 0 bridgehead atoms. The SMILES string of the molecule is CC1Cc2ccccc2N1C(=O)c1cc(F)c(F)c(F)c1. The molecule has 0 aliphatic carbocycles. The maximum absolute atomic E-state index is 13.3. The highest BCUT2D eigenvalue weighted by Gasteiger charge is 2.32. The summed E-state index contributed by atoms with van der Waals surface area (Å²) < 4.78 is 39.6. The molecule has 0 saturated carbocycles. The molecule has 1 aliphatic rings. The smallest absolute Gasteiger partial charge is 0.258 e. The first-order chi connectivity index (χ1) is 9.99. The Balaban J connectivity index is 2.03. The van der Waals surface area contributed by atoms with Crippen molar-refractivity contribution in [1.82, 2.24) is 0 Å². The number of fused-ring (bicyclic) bond motifs is 1. The van der Waals surface area contributed by atoms with E-state index in [0.717, 1.165) is 23.4 Å². The summed E-state index contributed by atoms with van der Waals surface area (Å²) in [5.41, 5.74) is 1.52. The molecule has 2 aromatic rings. The van der Waals surface area contributed by atoms with E-state index in [4.69, 9.17) is 0 Å². The van der Waals surface area contributed by atoms with Gasteiger partial charge in [-0.1, -0.05) is 18.2 Å². The standard InChI is InChI=1S/C16H12F3NO/c1-9-6-10-4-2-3-5-14(10)20(9)16(21)11-7-12(17)15(19)13(18)8-11/h2-5,7-9H,6H2,1H3. The average Bonchev–Trinajstić information content (AvgIpc) is 2.79. The first-order valence-electron chi connectivity index (χ1n) is 6.55. The molecule has 0 fully saturated rings. The zero-order valence-corrected chi connectivity index (χ0v) is 11.2. The molecular weight excluding hydrogens is 279 g/mol. The molecular formula is C16H12F3NO. The zero-order chi connectivity index (χ0) is 15.1. The first kappa shape index (κ1) is 13.7. The molecule has 5 heteroatoms. The van der Waals surface area contributed by atoms with Crippen LogP contribution in [0, 0.1) is 17.5 Å². The van der Waals surface area contributed by atoms with E-state index in [1.54, 1.807) is 12.1 Å². The number of para-hydroxylation sites is 1. The van der Waals surface area contributed by atoms with Crippen molar-refractivity contribution in [2.45, 2.75) is 19.4 Å². The molecule has 1 amide bonds. The van der Waals surface area contributed by atoms with Gasteiger partial charge < -0.3 is 4.90 Å². The topological polar surface area (TPSA) is 20.3 Å². The van der Waals surface area contributed by atoms with Crippen LogP contribution >= 0.6 is 0 Å². The van der Waals surface area contributed by atoms with Crippen molar-refractivity contribution in [1.29, 1.82) is 0 Å². The summed E-state index contributed by atoms with van der Waals surface area (Å²) in [6, 6.07) is 8.70. The largest absolute Gasteiger partial charge is 0.305 e. The van der Waals surface area contributed by atoms with Crippen molar-refractivity contribution in [2.75, 3.05) is 4.90 Å². The Morgan fingerprint density at radius 2 is 1.76 bits per heavy atom. The Hall–Kier alpha value is -2.30. The van der Waals surface area contributed by atoms with Gasteiger partial charge in [0.25, 0.3) is 5.91 Å². The van der Waals surface area contributed by atoms with E-state index >= 15 is 0 Å². The third-order valence-corrected chi connectivity index (χ3v) is 3.66.